The van der Waals surface area contributed by atoms with E-state index in [1.807, 2.05) is 36.4 Å². The molecule has 2 aromatic heterocycles. The lowest BCUT2D eigenvalue weighted by Gasteiger charge is -2.31. The number of hydrogen-bond acceptors (Lipinski definition) is 4. The first-order chi connectivity index (χ1) is 22.2. The molecule has 7 rings (SSSR count). The fraction of sp³-hybridized carbons (Fsp3) is 0.250. The third kappa shape index (κ3) is 6.07. The van der Waals surface area contributed by atoms with E-state index < -0.39 is 5.92 Å². The van der Waals surface area contributed by atoms with Gasteiger partial charge in [-0.15, -0.1) is 0 Å². The van der Waals surface area contributed by atoms with Crippen molar-refractivity contribution in [2.75, 3.05) is 19.6 Å². The number of benzene rings is 3. The van der Waals surface area contributed by atoms with Crippen LogP contribution >= 0.6 is 0 Å². The van der Waals surface area contributed by atoms with Gasteiger partial charge in [0.2, 0.25) is 0 Å². The molecule has 1 saturated heterocycles. The number of aromatic nitrogens is 1. The van der Waals surface area contributed by atoms with Gasteiger partial charge in [-0.1, -0.05) is 24.3 Å². The smallest absolute Gasteiger partial charge is 0.318 e. The van der Waals surface area contributed by atoms with E-state index in [2.05, 4.69) is 10.3 Å². The number of furan rings is 1. The molecule has 234 valence electrons. The second-order valence-electron chi connectivity index (χ2n) is 11.9. The Hall–Kier alpha value is -5.12. The maximum Gasteiger partial charge on any atom is 0.318 e. The summed E-state index contributed by atoms with van der Waals surface area (Å²) in [6.45, 7) is 1.51. The number of halogens is 3. The van der Waals surface area contributed by atoms with Crippen LogP contribution in [0, 0.1) is 5.82 Å². The van der Waals surface area contributed by atoms with Gasteiger partial charge in [-0.25, -0.2) is 18.0 Å². The highest BCUT2D eigenvalue weighted by molar-refractivity contribution is 5.98. The van der Waals surface area contributed by atoms with Gasteiger partial charge < -0.3 is 19.5 Å². The highest BCUT2D eigenvalue weighted by Gasteiger charge is 2.35. The van der Waals surface area contributed by atoms with Crippen LogP contribution in [-0.2, 0) is 19.5 Å². The second-order valence-corrected chi connectivity index (χ2v) is 11.9. The highest BCUT2D eigenvalue weighted by atomic mass is 19.3. The zero-order valence-corrected chi connectivity index (χ0v) is 24.9. The molecule has 1 fully saturated rings. The predicted molar refractivity (Wildman–Crippen MR) is 168 cm³/mol. The molecule has 0 unspecified atom stereocenters. The molecule has 0 atom stereocenters. The number of fused-ring (bicyclic) bond motifs is 2. The average Bonchev–Trinajstić information content (AvgIpc) is 3.69. The number of alkyl halides is 2. The van der Waals surface area contributed by atoms with Crippen molar-refractivity contribution in [1.82, 2.24) is 20.1 Å². The summed E-state index contributed by atoms with van der Waals surface area (Å²) < 4.78 is 47.3. The molecule has 4 heterocycles. The van der Waals surface area contributed by atoms with Crippen molar-refractivity contribution in [1.29, 1.82) is 0 Å². The van der Waals surface area contributed by atoms with Crippen molar-refractivity contribution in [3.05, 3.63) is 113 Å². The summed E-state index contributed by atoms with van der Waals surface area (Å²) in [4.78, 5) is 33.1. The number of nitrogens with one attached hydrogen (secondary N) is 1. The van der Waals surface area contributed by atoms with Crippen molar-refractivity contribution >= 4 is 22.9 Å². The quantitative estimate of drug-likeness (QED) is 0.213. The molecule has 0 saturated carbocycles. The number of urea groups is 1. The zero-order valence-electron chi connectivity index (χ0n) is 24.9. The first-order valence-corrected chi connectivity index (χ1v) is 15.3. The van der Waals surface area contributed by atoms with E-state index in [-0.39, 0.29) is 43.7 Å². The van der Waals surface area contributed by atoms with Gasteiger partial charge in [0.15, 0.2) is 0 Å². The number of carbonyl (C=O) groups is 2. The molecule has 1 N–H and O–H groups in total. The third-order valence-corrected chi connectivity index (χ3v) is 8.73. The summed E-state index contributed by atoms with van der Waals surface area (Å²) in [5.41, 5.74) is 6.51. The first-order valence-electron chi connectivity index (χ1n) is 15.3. The van der Waals surface area contributed by atoms with Gasteiger partial charge in [-0.05, 0) is 76.3 Å². The minimum Gasteiger partial charge on any atom is -0.460 e. The van der Waals surface area contributed by atoms with Gasteiger partial charge in [0.25, 0.3) is 11.8 Å². The molecule has 3 aromatic carbocycles. The largest absolute Gasteiger partial charge is 0.460 e. The molecule has 10 heteroatoms. The summed E-state index contributed by atoms with van der Waals surface area (Å²) in [5.74, 6) is -2.64. The van der Waals surface area contributed by atoms with Gasteiger partial charge in [0, 0.05) is 80.9 Å². The molecule has 7 nitrogen and oxygen atoms in total. The standard InChI is InChI=1S/C36H31F3N4O3/c37-30-7-5-24(6-8-30)32-19-27(23-1-3-25(4-2-23)34(44)42-15-11-36(38,39)12-16-42)17-28-18-31(46-33(28)32)10-14-41-35(45)43-21-26-9-13-40-20-29(26)22-43/h1-9,13,17-20H,10-12,14-16,21-22H2,(H,41,45). The van der Waals surface area contributed by atoms with Gasteiger partial charge in [0.05, 0.1) is 0 Å². The van der Waals surface area contributed by atoms with Crippen molar-refractivity contribution < 1.29 is 27.2 Å². The molecular weight excluding hydrogens is 593 g/mol. The van der Waals surface area contributed by atoms with Crippen molar-refractivity contribution in [2.24, 2.45) is 0 Å². The number of piperidine rings is 1. The Bertz CT molecular complexity index is 1890. The zero-order chi connectivity index (χ0) is 31.8. The maximum absolute atomic E-state index is 13.8. The fourth-order valence-electron chi connectivity index (χ4n) is 6.13. The Morgan fingerprint density at radius 1 is 0.848 bits per heavy atom. The summed E-state index contributed by atoms with van der Waals surface area (Å²) in [6.07, 6.45) is 3.34. The number of nitrogens with zero attached hydrogens (tertiary/aromatic N) is 3. The number of rotatable bonds is 6. The molecule has 0 aliphatic carbocycles. The van der Waals surface area contributed by atoms with Gasteiger partial charge in [-0.3, -0.25) is 9.78 Å². The van der Waals surface area contributed by atoms with Crippen molar-refractivity contribution in [2.45, 2.75) is 38.3 Å². The SMILES string of the molecule is O=C(NCCc1cc2cc(-c3ccc(C(=O)N4CCC(F)(F)CC4)cc3)cc(-c3ccc(F)cc3)c2o1)N1Cc2ccncc2C1. The Balaban J connectivity index is 1.10. The Kier molecular flexibility index (Phi) is 7.72. The van der Waals surface area contributed by atoms with Crippen LogP contribution in [0.1, 0.15) is 40.1 Å². The van der Waals surface area contributed by atoms with E-state index in [0.717, 1.165) is 38.8 Å². The molecule has 2 aliphatic heterocycles. The Morgan fingerprint density at radius 2 is 1.57 bits per heavy atom. The topological polar surface area (TPSA) is 78.7 Å². The lowest BCUT2D eigenvalue weighted by Crippen LogP contribution is -2.42. The number of pyridine rings is 1. The van der Waals surface area contributed by atoms with E-state index in [1.54, 1.807) is 41.6 Å². The summed E-state index contributed by atoms with van der Waals surface area (Å²) in [5, 5.41) is 3.82. The van der Waals surface area contributed by atoms with Crippen LogP contribution in [0.3, 0.4) is 0 Å². The van der Waals surface area contributed by atoms with Crippen LogP contribution in [0.2, 0.25) is 0 Å². The van der Waals surface area contributed by atoms with Crippen LogP contribution in [0.25, 0.3) is 33.2 Å². The van der Waals surface area contributed by atoms with E-state index in [4.69, 9.17) is 4.42 Å². The fourth-order valence-corrected chi connectivity index (χ4v) is 6.13. The monoisotopic (exact) mass is 624 g/mol. The highest BCUT2D eigenvalue weighted by Crippen LogP contribution is 2.37. The molecule has 0 spiro atoms. The normalized spacial score (nSPS) is 15.6. The second kappa shape index (κ2) is 12.0. The summed E-state index contributed by atoms with van der Waals surface area (Å²) >= 11 is 0. The molecule has 5 aromatic rings. The van der Waals surface area contributed by atoms with Crippen molar-refractivity contribution in [3.63, 3.8) is 0 Å². The van der Waals surface area contributed by atoms with E-state index >= 15 is 0 Å². The van der Waals surface area contributed by atoms with Gasteiger partial charge in [-0.2, -0.15) is 0 Å². The van der Waals surface area contributed by atoms with E-state index in [9.17, 15) is 22.8 Å². The molecule has 0 radical (unpaired) electrons. The molecule has 0 bridgehead atoms. The minimum atomic E-state index is -2.72. The summed E-state index contributed by atoms with van der Waals surface area (Å²) in [7, 11) is 0. The minimum absolute atomic E-state index is 0.0298. The lowest BCUT2D eigenvalue weighted by atomic mass is 9.96. The predicted octanol–water partition coefficient (Wildman–Crippen LogP) is 7.44. The lowest BCUT2D eigenvalue weighted by molar-refractivity contribution is -0.0494. The maximum atomic E-state index is 13.8. The van der Waals surface area contributed by atoms with Crippen LogP contribution in [0.5, 0.6) is 0 Å². The van der Waals surface area contributed by atoms with Crippen LogP contribution in [-0.4, -0.2) is 52.3 Å². The van der Waals surface area contributed by atoms with Crippen molar-refractivity contribution in [3.8, 4) is 22.3 Å². The summed E-state index contributed by atoms with van der Waals surface area (Å²) in [6, 6.07) is 21.0. The number of likely N-dealkylation sites (tertiary alicyclic amines) is 1. The third-order valence-electron chi connectivity index (χ3n) is 8.73. The van der Waals surface area contributed by atoms with Gasteiger partial charge in [0.1, 0.15) is 17.2 Å². The average molecular weight is 625 g/mol. The molecule has 3 amide bonds. The molecule has 2 aliphatic rings. The number of carbonyl (C=O) groups excluding carboxylic acids is 2. The van der Waals surface area contributed by atoms with Gasteiger partial charge >= 0.3 is 6.03 Å². The van der Waals surface area contributed by atoms with Crippen LogP contribution in [0.4, 0.5) is 18.0 Å². The van der Waals surface area contributed by atoms with E-state index in [1.165, 1.54) is 17.0 Å². The Labute approximate surface area is 263 Å². The van der Waals surface area contributed by atoms with Crippen LogP contribution in [0.15, 0.2) is 89.6 Å². The van der Waals surface area contributed by atoms with Crippen LogP contribution < -0.4 is 5.32 Å². The number of hydrogen-bond donors (Lipinski definition) is 1. The number of amides is 3. The molecular formula is C36H31F3N4O3. The Morgan fingerprint density at radius 3 is 2.30 bits per heavy atom. The van der Waals surface area contributed by atoms with E-state index in [0.29, 0.717) is 43.0 Å². The molecule has 46 heavy (non-hydrogen) atoms. The first kappa shape index (κ1) is 29.6.